The lowest BCUT2D eigenvalue weighted by atomic mass is 10.1. The second-order valence-corrected chi connectivity index (χ2v) is 3.21. The van der Waals surface area contributed by atoms with Crippen LogP contribution in [0.3, 0.4) is 0 Å². The number of nitrogens with zero attached hydrogens (tertiary/aromatic N) is 1. The Labute approximate surface area is 75.9 Å². The van der Waals surface area contributed by atoms with Gasteiger partial charge in [-0.2, -0.15) is 0 Å². The average Bonchev–Trinajstić information content (AvgIpc) is 2.01. The fraction of sp³-hybridized carbons (Fsp3) is 0.714. The Bertz CT molecular complexity index is 208. The van der Waals surface area contributed by atoms with Crippen molar-refractivity contribution in [2.75, 3.05) is 19.5 Å². The predicted molar refractivity (Wildman–Crippen MR) is 44.9 cm³/mol. The molecule has 0 aliphatic carbocycles. The van der Waals surface area contributed by atoms with Gasteiger partial charge in [0.2, 0.25) is 0 Å². The fourth-order valence-electron chi connectivity index (χ4n) is 1.17. The Kier molecular flexibility index (Phi) is 2.92. The normalized spacial score (nSPS) is 24.2. The van der Waals surface area contributed by atoms with Gasteiger partial charge in [-0.25, -0.2) is 0 Å². The lowest BCUT2D eigenvalue weighted by Crippen LogP contribution is -2.56. The van der Waals surface area contributed by atoms with Crippen LogP contribution in [0.15, 0.2) is 0 Å². The zero-order chi connectivity index (χ0) is 9.14. The van der Waals surface area contributed by atoms with Gasteiger partial charge in [-0.15, -0.1) is 11.6 Å². The monoisotopic (exact) mass is 190 g/mol. The van der Waals surface area contributed by atoms with Crippen LogP contribution in [0.4, 0.5) is 0 Å². The van der Waals surface area contributed by atoms with Crippen molar-refractivity contribution in [3.05, 3.63) is 0 Å². The number of piperazine rings is 1. The molecule has 1 fully saturated rings. The van der Waals surface area contributed by atoms with Crippen LogP contribution < -0.4 is 5.32 Å². The highest BCUT2D eigenvalue weighted by Crippen LogP contribution is 2.03. The molecule has 0 saturated carbocycles. The first-order valence-corrected chi connectivity index (χ1v) is 4.30. The second-order valence-electron chi connectivity index (χ2n) is 2.83. The van der Waals surface area contributed by atoms with E-state index in [0.29, 0.717) is 18.8 Å². The summed E-state index contributed by atoms with van der Waals surface area (Å²) in [5, 5.41) is 2.58. The number of alkyl halides is 1. The number of nitrogens with one attached hydrogen (secondary N) is 1. The Hall–Kier alpha value is -0.770. The standard InChI is InChI=1S/C7H11ClN2O2/c1-10-4-5(2-3-8)9-6(11)7(10)12/h5H,2-4H2,1H3,(H,9,11). The second kappa shape index (κ2) is 3.76. The van der Waals surface area contributed by atoms with Crippen LogP contribution in [-0.2, 0) is 9.59 Å². The lowest BCUT2D eigenvalue weighted by Gasteiger charge is -2.29. The number of amides is 2. The van der Waals surface area contributed by atoms with Crippen molar-refractivity contribution in [3.63, 3.8) is 0 Å². The van der Waals surface area contributed by atoms with E-state index in [1.165, 1.54) is 4.90 Å². The molecule has 1 aliphatic rings. The van der Waals surface area contributed by atoms with Gasteiger partial charge in [0.15, 0.2) is 0 Å². The average molecular weight is 191 g/mol. The molecule has 1 atom stereocenters. The van der Waals surface area contributed by atoms with Crippen molar-refractivity contribution < 1.29 is 9.59 Å². The molecule has 68 valence electrons. The van der Waals surface area contributed by atoms with Crippen molar-refractivity contribution in [1.29, 1.82) is 0 Å². The van der Waals surface area contributed by atoms with E-state index in [1.54, 1.807) is 7.05 Å². The summed E-state index contributed by atoms with van der Waals surface area (Å²) in [5.74, 6) is -0.507. The maximum absolute atomic E-state index is 11.0. The van der Waals surface area contributed by atoms with E-state index in [1.807, 2.05) is 0 Å². The smallest absolute Gasteiger partial charge is 0.311 e. The van der Waals surface area contributed by atoms with Crippen LogP contribution in [0.2, 0.25) is 0 Å². The molecule has 0 radical (unpaired) electrons. The Balaban J connectivity index is 2.53. The molecular formula is C7H11ClN2O2. The van der Waals surface area contributed by atoms with Gasteiger partial charge >= 0.3 is 11.8 Å². The van der Waals surface area contributed by atoms with E-state index in [2.05, 4.69) is 5.32 Å². The summed E-state index contributed by atoms with van der Waals surface area (Å²) < 4.78 is 0. The van der Waals surface area contributed by atoms with Crippen LogP contribution in [-0.4, -0.2) is 42.2 Å². The first-order chi connectivity index (χ1) is 5.65. The van der Waals surface area contributed by atoms with Crippen LogP contribution in [0.1, 0.15) is 6.42 Å². The van der Waals surface area contributed by atoms with Gasteiger partial charge < -0.3 is 10.2 Å². The minimum Gasteiger partial charge on any atom is -0.343 e. The number of hydrogen-bond acceptors (Lipinski definition) is 2. The molecular weight excluding hydrogens is 180 g/mol. The molecule has 1 rings (SSSR count). The number of likely N-dealkylation sites (N-methyl/N-ethyl adjacent to an activating group) is 1. The molecule has 1 unspecified atom stereocenters. The molecule has 1 N–H and O–H groups in total. The summed E-state index contributed by atoms with van der Waals surface area (Å²) in [6.07, 6.45) is 0.699. The summed E-state index contributed by atoms with van der Waals surface area (Å²) in [7, 11) is 1.61. The first-order valence-electron chi connectivity index (χ1n) is 3.77. The fourth-order valence-corrected chi connectivity index (χ4v) is 1.44. The third-order valence-electron chi connectivity index (χ3n) is 1.83. The Morgan fingerprint density at radius 3 is 2.83 bits per heavy atom. The molecule has 12 heavy (non-hydrogen) atoms. The Morgan fingerprint density at radius 2 is 2.33 bits per heavy atom. The third kappa shape index (κ3) is 1.88. The quantitative estimate of drug-likeness (QED) is 0.475. The van der Waals surface area contributed by atoms with Gasteiger partial charge in [0.1, 0.15) is 0 Å². The number of carbonyl (C=O) groups is 2. The summed E-state index contributed by atoms with van der Waals surface area (Å²) in [6, 6.07) is 0.0118. The number of rotatable bonds is 2. The zero-order valence-corrected chi connectivity index (χ0v) is 7.60. The summed E-state index contributed by atoms with van der Waals surface area (Å²) in [5.41, 5.74) is 0. The van der Waals surface area contributed by atoms with Crippen molar-refractivity contribution in [2.45, 2.75) is 12.5 Å². The van der Waals surface area contributed by atoms with E-state index in [9.17, 15) is 9.59 Å². The molecule has 1 heterocycles. The first kappa shape index (κ1) is 9.32. The Morgan fingerprint density at radius 1 is 1.67 bits per heavy atom. The largest absolute Gasteiger partial charge is 0.343 e. The molecule has 2 amide bonds. The van der Waals surface area contributed by atoms with E-state index in [4.69, 9.17) is 11.6 Å². The predicted octanol–water partition coefficient (Wildman–Crippen LogP) is -0.428. The molecule has 5 heteroatoms. The van der Waals surface area contributed by atoms with Gasteiger partial charge in [-0.05, 0) is 6.42 Å². The highest BCUT2D eigenvalue weighted by molar-refractivity contribution is 6.35. The van der Waals surface area contributed by atoms with Gasteiger partial charge in [0.05, 0.1) is 0 Å². The van der Waals surface area contributed by atoms with E-state index in [0.717, 1.165) is 0 Å². The third-order valence-corrected chi connectivity index (χ3v) is 2.05. The van der Waals surface area contributed by atoms with Crippen molar-refractivity contribution in [1.82, 2.24) is 10.2 Å². The van der Waals surface area contributed by atoms with E-state index < -0.39 is 11.8 Å². The number of carbonyl (C=O) groups excluding carboxylic acids is 2. The van der Waals surface area contributed by atoms with Gasteiger partial charge in [0.25, 0.3) is 0 Å². The molecule has 1 aliphatic heterocycles. The molecule has 0 aromatic carbocycles. The minimum atomic E-state index is -0.529. The SMILES string of the molecule is CN1CC(CCCl)NC(=O)C1=O. The summed E-state index contributed by atoms with van der Waals surface area (Å²) >= 11 is 5.51. The van der Waals surface area contributed by atoms with Crippen molar-refractivity contribution in [3.8, 4) is 0 Å². The molecule has 0 aromatic rings. The van der Waals surface area contributed by atoms with Gasteiger partial charge in [0, 0.05) is 25.5 Å². The topological polar surface area (TPSA) is 49.4 Å². The highest BCUT2D eigenvalue weighted by atomic mass is 35.5. The number of hydrogen-bond donors (Lipinski definition) is 1. The minimum absolute atomic E-state index is 0.0118. The molecule has 4 nitrogen and oxygen atoms in total. The van der Waals surface area contributed by atoms with E-state index in [-0.39, 0.29) is 6.04 Å². The van der Waals surface area contributed by atoms with Crippen LogP contribution in [0.5, 0.6) is 0 Å². The highest BCUT2D eigenvalue weighted by Gasteiger charge is 2.28. The molecule has 1 saturated heterocycles. The molecule has 0 spiro atoms. The summed E-state index contributed by atoms with van der Waals surface area (Å²) in [4.78, 5) is 23.3. The van der Waals surface area contributed by atoms with Crippen molar-refractivity contribution in [2.24, 2.45) is 0 Å². The molecule has 0 aromatic heterocycles. The van der Waals surface area contributed by atoms with Gasteiger partial charge in [-0.3, -0.25) is 9.59 Å². The number of halogens is 1. The maximum atomic E-state index is 11.0. The van der Waals surface area contributed by atoms with Crippen LogP contribution in [0, 0.1) is 0 Å². The van der Waals surface area contributed by atoms with Crippen LogP contribution in [0.25, 0.3) is 0 Å². The zero-order valence-electron chi connectivity index (χ0n) is 6.84. The molecule has 0 bridgehead atoms. The van der Waals surface area contributed by atoms with Crippen LogP contribution >= 0.6 is 11.6 Å². The van der Waals surface area contributed by atoms with E-state index >= 15 is 0 Å². The maximum Gasteiger partial charge on any atom is 0.311 e. The summed E-state index contributed by atoms with van der Waals surface area (Å²) in [6.45, 7) is 0.553. The lowest BCUT2D eigenvalue weighted by molar-refractivity contribution is -0.148. The van der Waals surface area contributed by atoms with Crippen molar-refractivity contribution >= 4 is 23.4 Å². The van der Waals surface area contributed by atoms with Gasteiger partial charge in [-0.1, -0.05) is 0 Å².